The summed E-state index contributed by atoms with van der Waals surface area (Å²) in [5.41, 5.74) is 2.24. The first-order valence-corrected chi connectivity index (χ1v) is 8.61. The predicted octanol–water partition coefficient (Wildman–Crippen LogP) is 3.60. The third kappa shape index (κ3) is 3.38. The van der Waals surface area contributed by atoms with Gasteiger partial charge in [0, 0.05) is 0 Å². The molecule has 1 fully saturated rings. The van der Waals surface area contributed by atoms with Gasteiger partial charge in [-0.3, -0.25) is 0 Å². The molecule has 5 nitrogen and oxygen atoms in total. The number of hydrogen-bond acceptors (Lipinski definition) is 5. The zero-order valence-electron chi connectivity index (χ0n) is 14.6. The van der Waals surface area contributed by atoms with E-state index in [1.54, 1.807) is 0 Å². The molecule has 0 N–H and O–H groups in total. The fraction of sp³-hybridized carbons (Fsp3) is 0.350. The van der Waals surface area contributed by atoms with Crippen LogP contribution in [0.1, 0.15) is 25.5 Å². The summed E-state index contributed by atoms with van der Waals surface area (Å²) in [6, 6.07) is 20.6. The molecule has 0 bridgehead atoms. The molecule has 1 saturated heterocycles. The van der Waals surface area contributed by atoms with Gasteiger partial charge in [-0.1, -0.05) is 48.5 Å². The molecule has 2 aliphatic rings. The minimum atomic E-state index is -0.590. The second-order valence-corrected chi connectivity index (χ2v) is 6.85. The van der Waals surface area contributed by atoms with Crippen LogP contribution in [0.2, 0.25) is 0 Å². The number of hydrogen-bond donors (Lipinski definition) is 0. The Labute approximate surface area is 148 Å². The molecule has 2 aliphatic heterocycles. The summed E-state index contributed by atoms with van der Waals surface area (Å²) in [6.07, 6.45) is 1.82. The van der Waals surface area contributed by atoms with E-state index < -0.39 is 5.79 Å². The molecule has 0 amide bonds. The fourth-order valence-electron chi connectivity index (χ4n) is 3.29. The number of benzene rings is 2. The van der Waals surface area contributed by atoms with Crippen LogP contribution in [-0.4, -0.2) is 36.3 Å². The summed E-state index contributed by atoms with van der Waals surface area (Å²) < 4.78 is 12.2. The van der Waals surface area contributed by atoms with Crippen molar-refractivity contribution in [1.29, 1.82) is 0 Å². The summed E-state index contributed by atoms with van der Waals surface area (Å²) in [6.45, 7) is 5.22. The van der Waals surface area contributed by atoms with Gasteiger partial charge in [0.1, 0.15) is 19.1 Å². The Morgan fingerprint density at radius 3 is 2.40 bits per heavy atom. The van der Waals surface area contributed by atoms with E-state index in [9.17, 15) is 0 Å². The molecule has 4 rings (SSSR count). The van der Waals surface area contributed by atoms with Crippen molar-refractivity contribution in [3.63, 3.8) is 0 Å². The van der Waals surface area contributed by atoms with E-state index in [2.05, 4.69) is 34.3 Å². The Morgan fingerprint density at radius 1 is 1.00 bits per heavy atom. The van der Waals surface area contributed by atoms with Crippen molar-refractivity contribution in [3.8, 4) is 0 Å². The van der Waals surface area contributed by atoms with Crippen molar-refractivity contribution < 1.29 is 9.47 Å². The molecule has 0 spiro atoms. The predicted molar refractivity (Wildman–Crippen MR) is 98.2 cm³/mol. The number of hydrazone groups is 1. The maximum Gasteiger partial charge on any atom is 0.163 e. The third-order valence-electron chi connectivity index (χ3n) is 4.61. The van der Waals surface area contributed by atoms with Crippen LogP contribution in [0, 0.1) is 0 Å². The molecule has 5 heteroatoms. The van der Waals surface area contributed by atoms with Crippen molar-refractivity contribution in [2.75, 3.05) is 18.3 Å². The zero-order chi connectivity index (χ0) is 17.3. The van der Waals surface area contributed by atoms with Crippen LogP contribution < -0.4 is 5.01 Å². The monoisotopic (exact) mass is 337 g/mol. The second kappa shape index (κ2) is 6.50. The fourth-order valence-corrected chi connectivity index (χ4v) is 3.29. The van der Waals surface area contributed by atoms with E-state index in [4.69, 9.17) is 9.47 Å². The Kier molecular flexibility index (Phi) is 4.19. The number of nitrogens with zero attached hydrogens (tertiary/aromatic N) is 3. The molecule has 0 aromatic heterocycles. The van der Waals surface area contributed by atoms with Crippen molar-refractivity contribution in [3.05, 3.63) is 66.2 Å². The first-order valence-electron chi connectivity index (χ1n) is 8.61. The summed E-state index contributed by atoms with van der Waals surface area (Å²) in [5, 5.41) is 6.54. The van der Waals surface area contributed by atoms with Crippen LogP contribution >= 0.6 is 0 Å². The standard InChI is InChI=1S/C20H23N3O2/c1-20(2)24-13-18(19(25-20)16-9-5-3-6-10-16)22-14-21-23(15-22)17-11-7-4-8-12-17/h3-12,14,18-19H,13,15H2,1-2H3/t18-,19-/m0/s1. The molecule has 2 atom stereocenters. The smallest absolute Gasteiger partial charge is 0.163 e. The van der Waals surface area contributed by atoms with Gasteiger partial charge in [0.05, 0.1) is 18.3 Å². The van der Waals surface area contributed by atoms with Gasteiger partial charge in [0.2, 0.25) is 0 Å². The second-order valence-electron chi connectivity index (χ2n) is 6.85. The lowest BCUT2D eigenvalue weighted by atomic mass is 10.00. The molecule has 2 heterocycles. The number of anilines is 1. The SMILES string of the molecule is CC1(C)OC[C@H](N2C=NN(c3ccccc3)C2)[C@H](c2ccccc2)O1. The van der Waals surface area contributed by atoms with Gasteiger partial charge in [-0.2, -0.15) is 5.10 Å². The normalized spacial score (nSPS) is 25.4. The maximum absolute atomic E-state index is 6.28. The van der Waals surface area contributed by atoms with Crippen molar-refractivity contribution in [2.45, 2.75) is 31.8 Å². The highest BCUT2D eigenvalue weighted by Crippen LogP contribution is 2.36. The molecule has 0 saturated carbocycles. The van der Waals surface area contributed by atoms with Crippen molar-refractivity contribution in [2.24, 2.45) is 5.10 Å². The van der Waals surface area contributed by atoms with E-state index in [0.717, 1.165) is 11.3 Å². The van der Waals surface area contributed by atoms with E-state index in [1.165, 1.54) is 0 Å². The summed E-state index contributed by atoms with van der Waals surface area (Å²) in [7, 11) is 0. The van der Waals surface area contributed by atoms with Crippen LogP contribution in [-0.2, 0) is 9.47 Å². The third-order valence-corrected chi connectivity index (χ3v) is 4.61. The van der Waals surface area contributed by atoms with E-state index in [1.807, 2.05) is 61.6 Å². The molecular formula is C20H23N3O2. The molecule has 0 radical (unpaired) electrons. The molecule has 2 aromatic carbocycles. The lowest BCUT2D eigenvalue weighted by molar-refractivity contribution is -0.292. The van der Waals surface area contributed by atoms with Gasteiger partial charge in [-0.15, -0.1) is 0 Å². The topological polar surface area (TPSA) is 37.3 Å². The highest BCUT2D eigenvalue weighted by atomic mass is 16.7. The van der Waals surface area contributed by atoms with Crippen molar-refractivity contribution >= 4 is 12.0 Å². The Bertz CT molecular complexity index is 733. The number of ether oxygens (including phenoxy) is 2. The van der Waals surface area contributed by atoms with Gasteiger partial charge in [-0.25, -0.2) is 5.01 Å². The van der Waals surface area contributed by atoms with E-state index in [-0.39, 0.29) is 12.1 Å². The quantitative estimate of drug-likeness (QED) is 0.857. The lowest BCUT2D eigenvalue weighted by Crippen LogP contribution is -2.52. The minimum absolute atomic E-state index is 0.0628. The summed E-state index contributed by atoms with van der Waals surface area (Å²) in [5.74, 6) is -0.590. The van der Waals surface area contributed by atoms with Crippen LogP contribution in [0.15, 0.2) is 65.8 Å². The minimum Gasteiger partial charge on any atom is -0.348 e. The average molecular weight is 337 g/mol. The largest absolute Gasteiger partial charge is 0.348 e. The molecule has 25 heavy (non-hydrogen) atoms. The number of para-hydroxylation sites is 1. The van der Waals surface area contributed by atoms with Gasteiger partial charge < -0.3 is 14.4 Å². The van der Waals surface area contributed by atoms with Crippen LogP contribution in [0.5, 0.6) is 0 Å². The molecule has 2 aromatic rings. The molecular weight excluding hydrogens is 314 g/mol. The maximum atomic E-state index is 6.28. The molecule has 130 valence electrons. The highest BCUT2D eigenvalue weighted by molar-refractivity contribution is 5.63. The lowest BCUT2D eigenvalue weighted by Gasteiger charge is -2.44. The average Bonchev–Trinajstić information content (AvgIpc) is 3.12. The Morgan fingerprint density at radius 2 is 1.68 bits per heavy atom. The first-order chi connectivity index (χ1) is 12.1. The molecule has 0 unspecified atom stereocenters. The zero-order valence-corrected chi connectivity index (χ0v) is 14.6. The van der Waals surface area contributed by atoms with Gasteiger partial charge in [0.15, 0.2) is 5.79 Å². The van der Waals surface area contributed by atoms with Crippen LogP contribution in [0.3, 0.4) is 0 Å². The highest BCUT2D eigenvalue weighted by Gasteiger charge is 2.41. The van der Waals surface area contributed by atoms with Crippen LogP contribution in [0.4, 0.5) is 5.69 Å². The Balaban J connectivity index is 1.55. The summed E-state index contributed by atoms with van der Waals surface area (Å²) in [4.78, 5) is 2.19. The van der Waals surface area contributed by atoms with E-state index in [0.29, 0.717) is 13.3 Å². The van der Waals surface area contributed by atoms with Crippen LogP contribution in [0.25, 0.3) is 0 Å². The molecule has 0 aliphatic carbocycles. The van der Waals surface area contributed by atoms with Crippen molar-refractivity contribution in [1.82, 2.24) is 4.90 Å². The van der Waals surface area contributed by atoms with Gasteiger partial charge >= 0.3 is 0 Å². The Hall–Kier alpha value is -2.37. The van der Waals surface area contributed by atoms with Gasteiger partial charge in [-0.05, 0) is 31.5 Å². The number of rotatable bonds is 3. The first kappa shape index (κ1) is 16.1. The van der Waals surface area contributed by atoms with Gasteiger partial charge in [0.25, 0.3) is 0 Å². The summed E-state index contributed by atoms with van der Waals surface area (Å²) >= 11 is 0. The van der Waals surface area contributed by atoms with E-state index >= 15 is 0 Å².